The molecule has 0 radical (unpaired) electrons. The first-order valence-electron chi connectivity index (χ1n) is 4.84. The second kappa shape index (κ2) is 4.88. The smallest absolute Gasteiger partial charge is 0.326 e. The van der Waals surface area contributed by atoms with Crippen LogP contribution >= 0.6 is 11.6 Å². The molecule has 88 valence electrons. The summed E-state index contributed by atoms with van der Waals surface area (Å²) in [5.74, 6) is 0.607. The average molecular weight is 253 g/mol. The van der Waals surface area contributed by atoms with Gasteiger partial charge in [0.1, 0.15) is 12.4 Å². The lowest BCUT2D eigenvalue weighted by molar-refractivity contribution is 0.300. The molecule has 1 aromatic heterocycles. The number of aromatic amines is 2. The molecule has 0 unspecified atom stereocenters. The maximum Gasteiger partial charge on any atom is 0.326 e. The Morgan fingerprint density at radius 2 is 1.82 bits per heavy atom. The minimum atomic E-state index is -0.549. The van der Waals surface area contributed by atoms with Gasteiger partial charge in [0.05, 0.1) is 5.69 Å². The van der Waals surface area contributed by atoms with Gasteiger partial charge < -0.3 is 9.72 Å². The SMILES string of the molecule is O=c1cc(COc2ccc(Cl)cc2)[nH]c(=O)[nH]1. The molecule has 1 aromatic carbocycles. The van der Waals surface area contributed by atoms with Crippen LogP contribution in [0.3, 0.4) is 0 Å². The minimum Gasteiger partial charge on any atom is -0.487 e. The van der Waals surface area contributed by atoms with E-state index in [0.29, 0.717) is 16.5 Å². The first-order valence-corrected chi connectivity index (χ1v) is 5.22. The van der Waals surface area contributed by atoms with Crippen LogP contribution in [-0.2, 0) is 6.61 Å². The van der Waals surface area contributed by atoms with Crippen LogP contribution in [0.4, 0.5) is 0 Å². The maximum absolute atomic E-state index is 11.0. The number of ether oxygens (including phenoxy) is 1. The lowest BCUT2D eigenvalue weighted by atomic mass is 10.3. The first-order chi connectivity index (χ1) is 8.13. The molecule has 2 N–H and O–H groups in total. The third kappa shape index (κ3) is 3.22. The summed E-state index contributed by atoms with van der Waals surface area (Å²) in [4.78, 5) is 26.5. The van der Waals surface area contributed by atoms with Crippen molar-refractivity contribution in [3.05, 3.63) is 61.9 Å². The highest BCUT2D eigenvalue weighted by atomic mass is 35.5. The lowest BCUT2D eigenvalue weighted by Gasteiger charge is -2.05. The topological polar surface area (TPSA) is 75.0 Å². The van der Waals surface area contributed by atoms with Gasteiger partial charge in [0.25, 0.3) is 5.56 Å². The Bertz CT molecular complexity index is 587. The molecule has 0 spiro atoms. The summed E-state index contributed by atoms with van der Waals surface area (Å²) in [5, 5.41) is 0.613. The standard InChI is InChI=1S/C11H9ClN2O3/c12-7-1-3-9(4-2-7)17-6-8-5-10(15)14-11(16)13-8/h1-5H,6H2,(H2,13,14,15,16). The Morgan fingerprint density at radius 1 is 1.12 bits per heavy atom. The normalized spacial score (nSPS) is 10.2. The van der Waals surface area contributed by atoms with Crippen LogP contribution in [0.15, 0.2) is 39.9 Å². The van der Waals surface area contributed by atoms with Gasteiger partial charge in [0.15, 0.2) is 0 Å². The zero-order valence-electron chi connectivity index (χ0n) is 8.70. The van der Waals surface area contributed by atoms with Gasteiger partial charge in [-0.15, -0.1) is 0 Å². The van der Waals surface area contributed by atoms with Crippen molar-refractivity contribution in [2.45, 2.75) is 6.61 Å². The zero-order chi connectivity index (χ0) is 12.3. The Morgan fingerprint density at radius 3 is 2.47 bits per heavy atom. The van der Waals surface area contributed by atoms with Crippen LogP contribution in [0.25, 0.3) is 0 Å². The molecular weight excluding hydrogens is 244 g/mol. The van der Waals surface area contributed by atoms with Crippen molar-refractivity contribution in [3.8, 4) is 5.75 Å². The lowest BCUT2D eigenvalue weighted by Crippen LogP contribution is -2.23. The quantitative estimate of drug-likeness (QED) is 0.865. The van der Waals surface area contributed by atoms with Crippen molar-refractivity contribution in [3.63, 3.8) is 0 Å². The summed E-state index contributed by atoms with van der Waals surface area (Å²) >= 11 is 5.72. The van der Waals surface area contributed by atoms with E-state index < -0.39 is 11.2 Å². The van der Waals surface area contributed by atoms with Crippen molar-refractivity contribution < 1.29 is 4.74 Å². The van der Waals surface area contributed by atoms with Gasteiger partial charge in [-0.1, -0.05) is 11.6 Å². The predicted octanol–water partition coefficient (Wildman–Crippen LogP) is 1.30. The molecule has 2 aromatic rings. The number of halogens is 1. The monoisotopic (exact) mass is 252 g/mol. The number of nitrogens with one attached hydrogen (secondary N) is 2. The minimum absolute atomic E-state index is 0.112. The van der Waals surface area contributed by atoms with E-state index in [-0.39, 0.29) is 6.61 Å². The van der Waals surface area contributed by atoms with Crippen LogP contribution in [0.2, 0.25) is 5.02 Å². The molecule has 0 saturated carbocycles. The van der Waals surface area contributed by atoms with E-state index in [2.05, 4.69) is 9.97 Å². The van der Waals surface area contributed by atoms with Gasteiger partial charge in [-0.3, -0.25) is 9.78 Å². The summed E-state index contributed by atoms with van der Waals surface area (Å²) in [7, 11) is 0. The zero-order valence-corrected chi connectivity index (χ0v) is 9.45. The molecule has 0 aliphatic rings. The molecular formula is C11H9ClN2O3. The summed E-state index contributed by atoms with van der Waals surface area (Å²) < 4.78 is 5.38. The fourth-order valence-corrected chi connectivity index (χ4v) is 1.42. The van der Waals surface area contributed by atoms with E-state index in [1.54, 1.807) is 24.3 Å². The Labute approximate surface area is 101 Å². The summed E-state index contributed by atoms with van der Waals surface area (Å²) in [6.45, 7) is 0.112. The number of H-pyrrole nitrogens is 2. The van der Waals surface area contributed by atoms with E-state index in [0.717, 1.165) is 0 Å². The van der Waals surface area contributed by atoms with Crippen molar-refractivity contribution in [1.29, 1.82) is 0 Å². The molecule has 2 rings (SSSR count). The van der Waals surface area contributed by atoms with Crippen molar-refractivity contribution in [1.82, 2.24) is 9.97 Å². The molecule has 0 saturated heterocycles. The van der Waals surface area contributed by atoms with Gasteiger partial charge in [0.2, 0.25) is 0 Å². The van der Waals surface area contributed by atoms with Crippen LogP contribution in [0, 0.1) is 0 Å². The van der Waals surface area contributed by atoms with E-state index in [1.165, 1.54) is 6.07 Å². The number of hydrogen-bond acceptors (Lipinski definition) is 3. The Kier molecular flexibility index (Phi) is 3.30. The van der Waals surface area contributed by atoms with Crippen molar-refractivity contribution in [2.24, 2.45) is 0 Å². The molecule has 0 amide bonds. The maximum atomic E-state index is 11.0. The average Bonchev–Trinajstić information content (AvgIpc) is 2.27. The van der Waals surface area contributed by atoms with Crippen LogP contribution in [0.5, 0.6) is 5.75 Å². The van der Waals surface area contributed by atoms with E-state index >= 15 is 0 Å². The predicted molar refractivity (Wildman–Crippen MR) is 63.5 cm³/mol. The summed E-state index contributed by atoms with van der Waals surface area (Å²) in [5.41, 5.74) is -0.593. The number of aromatic nitrogens is 2. The van der Waals surface area contributed by atoms with Gasteiger partial charge in [-0.25, -0.2) is 4.79 Å². The van der Waals surface area contributed by atoms with E-state index in [4.69, 9.17) is 16.3 Å². The highest BCUT2D eigenvalue weighted by Crippen LogP contribution is 2.16. The van der Waals surface area contributed by atoms with Crippen LogP contribution in [0.1, 0.15) is 5.69 Å². The third-order valence-corrected chi connectivity index (χ3v) is 2.28. The van der Waals surface area contributed by atoms with Crippen LogP contribution < -0.4 is 16.0 Å². The molecule has 0 bridgehead atoms. The molecule has 5 nitrogen and oxygen atoms in total. The Hall–Kier alpha value is -2.01. The largest absolute Gasteiger partial charge is 0.487 e. The molecule has 17 heavy (non-hydrogen) atoms. The molecule has 6 heteroatoms. The molecule has 0 aliphatic carbocycles. The number of benzene rings is 1. The number of hydrogen-bond donors (Lipinski definition) is 2. The number of rotatable bonds is 3. The Balaban J connectivity index is 2.09. The fourth-order valence-electron chi connectivity index (χ4n) is 1.29. The second-order valence-electron chi connectivity index (χ2n) is 3.36. The van der Waals surface area contributed by atoms with E-state index in [1.807, 2.05) is 0 Å². The summed E-state index contributed by atoms with van der Waals surface area (Å²) in [6.07, 6.45) is 0. The second-order valence-corrected chi connectivity index (χ2v) is 3.79. The highest BCUT2D eigenvalue weighted by Gasteiger charge is 1.98. The first kappa shape index (κ1) is 11.5. The van der Waals surface area contributed by atoms with Gasteiger partial charge in [-0.05, 0) is 24.3 Å². The van der Waals surface area contributed by atoms with E-state index in [9.17, 15) is 9.59 Å². The van der Waals surface area contributed by atoms with Gasteiger partial charge >= 0.3 is 5.69 Å². The van der Waals surface area contributed by atoms with Gasteiger partial charge in [0, 0.05) is 11.1 Å². The summed E-state index contributed by atoms with van der Waals surface area (Å²) in [6, 6.07) is 8.06. The third-order valence-electron chi connectivity index (χ3n) is 2.02. The molecule has 1 heterocycles. The molecule has 0 fully saturated rings. The fraction of sp³-hybridized carbons (Fsp3) is 0.0909. The van der Waals surface area contributed by atoms with Gasteiger partial charge in [-0.2, -0.15) is 0 Å². The highest BCUT2D eigenvalue weighted by molar-refractivity contribution is 6.30. The van der Waals surface area contributed by atoms with Crippen molar-refractivity contribution in [2.75, 3.05) is 0 Å². The van der Waals surface area contributed by atoms with Crippen molar-refractivity contribution >= 4 is 11.6 Å². The van der Waals surface area contributed by atoms with Crippen LogP contribution in [-0.4, -0.2) is 9.97 Å². The molecule has 0 atom stereocenters. The molecule has 0 aliphatic heterocycles.